The molecule has 174 valence electrons. The van der Waals surface area contributed by atoms with Crippen molar-refractivity contribution in [2.45, 2.75) is 13.0 Å². The van der Waals surface area contributed by atoms with Gasteiger partial charge in [0.2, 0.25) is 5.76 Å². The molecule has 0 spiro atoms. The average Bonchev–Trinajstić information content (AvgIpc) is 3.39. The van der Waals surface area contributed by atoms with Gasteiger partial charge in [-0.25, -0.2) is 0 Å². The van der Waals surface area contributed by atoms with Crippen LogP contribution in [0.1, 0.15) is 33.5 Å². The molecule has 9 nitrogen and oxygen atoms in total. The molecule has 1 amide bonds. The van der Waals surface area contributed by atoms with Gasteiger partial charge in [-0.15, -0.1) is 0 Å². The Morgan fingerprint density at radius 1 is 0.971 bits per heavy atom. The van der Waals surface area contributed by atoms with Crippen molar-refractivity contribution < 1.29 is 27.9 Å². The summed E-state index contributed by atoms with van der Waals surface area (Å²) in [5.41, 5.74) is 0.460. The zero-order chi connectivity index (χ0) is 24.1. The molecule has 34 heavy (non-hydrogen) atoms. The van der Waals surface area contributed by atoms with Crippen molar-refractivity contribution >= 4 is 34.3 Å². The Morgan fingerprint density at radius 2 is 1.68 bits per heavy atom. The van der Waals surface area contributed by atoms with Crippen molar-refractivity contribution in [1.82, 2.24) is 5.16 Å². The second-order valence-electron chi connectivity index (χ2n) is 7.64. The quantitative estimate of drug-likeness (QED) is 0.409. The van der Waals surface area contributed by atoms with Gasteiger partial charge in [0.05, 0.1) is 32.3 Å². The zero-order valence-corrected chi connectivity index (χ0v) is 19.4. The molecular formula is C24H19ClN2O7. The maximum absolute atomic E-state index is 13.7. The lowest BCUT2D eigenvalue weighted by atomic mass is 9.97. The van der Waals surface area contributed by atoms with Crippen LogP contribution < -0.4 is 24.5 Å². The summed E-state index contributed by atoms with van der Waals surface area (Å²) in [5.74, 6) is 1.27. The molecule has 0 unspecified atom stereocenters. The molecule has 0 aliphatic carbocycles. The molecule has 2 aromatic carbocycles. The van der Waals surface area contributed by atoms with E-state index in [0.29, 0.717) is 33.6 Å². The lowest BCUT2D eigenvalue weighted by Gasteiger charge is -2.25. The Hall–Kier alpha value is -3.98. The highest BCUT2D eigenvalue weighted by atomic mass is 35.5. The van der Waals surface area contributed by atoms with E-state index in [2.05, 4.69) is 5.16 Å². The number of nitrogens with zero attached hydrogens (tertiary/aromatic N) is 2. The fourth-order valence-corrected chi connectivity index (χ4v) is 4.38. The van der Waals surface area contributed by atoms with Crippen LogP contribution in [0.3, 0.4) is 0 Å². The number of ether oxygens (including phenoxy) is 3. The molecule has 10 heteroatoms. The van der Waals surface area contributed by atoms with Gasteiger partial charge in [0.15, 0.2) is 22.7 Å². The summed E-state index contributed by atoms with van der Waals surface area (Å²) in [5, 5.41) is 4.64. The number of carbonyl (C=O) groups is 1. The number of aryl methyl sites for hydroxylation is 1. The first-order chi connectivity index (χ1) is 16.4. The van der Waals surface area contributed by atoms with Gasteiger partial charge in [-0.3, -0.25) is 14.5 Å². The van der Waals surface area contributed by atoms with Gasteiger partial charge in [-0.2, -0.15) is 0 Å². The highest BCUT2D eigenvalue weighted by Gasteiger charge is 2.46. The molecule has 4 aromatic rings. The number of methoxy groups -OCH3 is 3. The highest BCUT2D eigenvalue weighted by Crippen LogP contribution is 2.46. The Balaban J connectivity index is 1.86. The van der Waals surface area contributed by atoms with Gasteiger partial charge in [0.1, 0.15) is 23.1 Å². The topological polar surface area (TPSA) is 104 Å². The largest absolute Gasteiger partial charge is 0.496 e. The maximum atomic E-state index is 13.7. The smallest absolute Gasteiger partial charge is 0.296 e. The third kappa shape index (κ3) is 3.19. The van der Waals surface area contributed by atoms with E-state index >= 15 is 0 Å². The summed E-state index contributed by atoms with van der Waals surface area (Å²) < 4.78 is 27.6. The third-order valence-electron chi connectivity index (χ3n) is 5.73. The van der Waals surface area contributed by atoms with Gasteiger partial charge in [0.25, 0.3) is 5.91 Å². The SMILES string of the molecule is COc1cc(OC)c([C@H]2c3c(oc4ccc(Cl)cc4c3=O)C(=O)N2c2cc(C)on2)cc1OC. The standard InChI is InChI=1S/C24H19ClN2O7/c1-11-7-19(26-34-11)27-21(13-9-17(31-3)18(32-4)10-16(13)30-2)20-22(28)14-8-12(25)5-6-15(14)33-23(20)24(27)29/h5-10,21H,1-4H3/t21-/m0/s1. The van der Waals surface area contributed by atoms with Crippen LogP contribution in [0.5, 0.6) is 17.2 Å². The molecule has 3 heterocycles. The van der Waals surface area contributed by atoms with Crippen molar-refractivity contribution in [2.75, 3.05) is 26.2 Å². The van der Waals surface area contributed by atoms with E-state index in [1.807, 2.05) is 0 Å². The molecule has 0 bridgehead atoms. The molecule has 2 aromatic heterocycles. The molecular weight excluding hydrogens is 464 g/mol. The van der Waals surface area contributed by atoms with E-state index in [0.717, 1.165) is 0 Å². The van der Waals surface area contributed by atoms with Crippen LogP contribution in [-0.2, 0) is 0 Å². The van der Waals surface area contributed by atoms with Gasteiger partial charge in [0, 0.05) is 22.7 Å². The highest BCUT2D eigenvalue weighted by molar-refractivity contribution is 6.31. The van der Waals surface area contributed by atoms with Crippen LogP contribution in [0.2, 0.25) is 5.02 Å². The second kappa shape index (κ2) is 8.11. The minimum atomic E-state index is -0.943. The molecule has 1 atom stereocenters. The number of aromatic nitrogens is 1. The molecule has 1 aliphatic rings. The molecule has 1 aliphatic heterocycles. The third-order valence-corrected chi connectivity index (χ3v) is 5.96. The minimum Gasteiger partial charge on any atom is -0.496 e. The molecule has 0 radical (unpaired) electrons. The summed E-state index contributed by atoms with van der Waals surface area (Å²) >= 11 is 6.14. The summed E-state index contributed by atoms with van der Waals surface area (Å²) in [6.45, 7) is 1.70. The number of amides is 1. The van der Waals surface area contributed by atoms with Gasteiger partial charge in [-0.05, 0) is 31.2 Å². The normalized spacial score (nSPS) is 15.0. The first kappa shape index (κ1) is 21.8. The number of carbonyl (C=O) groups excluding carboxylic acids is 1. The van der Waals surface area contributed by atoms with Crippen LogP contribution in [0.25, 0.3) is 11.0 Å². The first-order valence-corrected chi connectivity index (χ1v) is 10.6. The number of hydrogen-bond donors (Lipinski definition) is 0. The maximum Gasteiger partial charge on any atom is 0.296 e. The second-order valence-corrected chi connectivity index (χ2v) is 8.07. The van der Waals surface area contributed by atoms with Gasteiger partial charge < -0.3 is 23.2 Å². The van der Waals surface area contributed by atoms with Crippen LogP contribution in [-0.4, -0.2) is 32.4 Å². The van der Waals surface area contributed by atoms with Crippen molar-refractivity contribution in [2.24, 2.45) is 0 Å². The number of fused-ring (bicyclic) bond motifs is 2. The zero-order valence-electron chi connectivity index (χ0n) is 18.7. The number of rotatable bonds is 5. The summed E-state index contributed by atoms with van der Waals surface area (Å²) in [6, 6.07) is 8.61. The van der Waals surface area contributed by atoms with E-state index in [-0.39, 0.29) is 28.1 Å². The lowest BCUT2D eigenvalue weighted by molar-refractivity contribution is 0.0969. The molecule has 0 saturated heterocycles. The predicted molar refractivity (Wildman–Crippen MR) is 123 cm³/mol. The Labute approximate surface area is 198 Å². The molecule has 0 saturated carbocycles. The Kier molecular flexibility index (Phi) is 5.21. The Morgan fingerprint density at radius 3 is 2.32 bits per heavy atom. The van der Waals surface area contributed by atoms with Gasteiger partial charge >= 0.3 is 0 Å². The molecule has 0 N–H and O–H groups in total. The van der Waals surface area contributed by atoms with E-state index in [4.69, 9.17) is 34.8 Å². The molecule has 0 fully saturated rings. The van der Waals surface area contributed by atoms with Crippen LogP contribution in [0, 0.1) is 6.92 Å². The first-order valence-electron chi connectivity index (χ1n) is 10.2. The van der Waals surface area contributed by atoms with Crippen molar-refractivity contribution in [3.63, 3.8) is 0 Å². The van der Waals surface area contributed by atoms with Crippen molar-refractivity contribution in [3.8, 4) is 17.2 Å². The fourth-order valence-electron chi connectivity index (χ4n) is 4.21. The lowest BCUT2D eigenvalue weighted by Crippen LogP contribution is -2.30. The van der Waals surface area contributed by atoms with Crippen molar-refractivity contribution in [3.05, 3.63) is 74.3 Å². The van der Waals surface area contributed by atoms with Gasteiger partial charge in [-0.1, -0.05) is 16.8 Å². The van der Waals surface area contributed by atoms with Crippen LogP contribution in [0.15, 0.2) is 50.1 Å². The van der Waals surface area contributed by atoms with E-state index in [9.17, 15) is 9.59 Å². The number of anilines is 1. The van der Waals surface area contributed by atoms with E-state index in [1.165, 1.54) is 32.3 Å². The summed E-state index contributed by atoms with van der Waals surface area (Å²) in [6.07, 6.45) is 0. The van der Waals surface area contributed by atoms with Crippen LogP contribution in [0.4, 0.5) is 5.82 Å². The predicted octanol–water partition coefficient (Wildman–Crippen LogP) is 4.52. The average molecular weight is 483 g/mol. The fraction of sp³-hybridized carbons (Fsp3) is 0.208. The summed E-state index contributed by atoms with van der Waals surface area (Å²) in [7, 11) is 4.47. The van der Waals surface area contributed by atoms with Crippen LogP contribution >= 0.6 is 11.6 Å². The number of halogens is 1. The van der Waals surface area contributed by atoms with E-state index in [1.54, 1.807) is 37.3 Å². The number of hydrogen-bond acceptors (Lipinski definition) is 8. The summed E-state index contributed by atoms with van der Waals surface area (Å²) in [4.78, 5) is 28.7. The monoisotopic (exact) mass is 482 g/mol. The van der Waals surface area contributed by atoms with Crippen molar-refractivity contribution in [1.29, 1.82) is 0 Å². The van der Waals surface area contributed by atoms with E-state index < -0.39 is 17.4 Å². The minimum absolute atomic E-state index is 0.0951. The Bertz CT molecular complexity index is 1510. The molecule has 5 rings (SSSR count). The number of benzene rings is 2.